The van der Waals surface area contributed by atoms with E-state index in [1.165, 1.54) is 11.1 Å². The van der Waals surface area contributed by atoms with Crippen LogP contribution in [-0.4, -0.2) is 52.5 Å². The Morgan fingerprint density at radius 1 is 1.40 bits per heavy atom. The standard InChI is InChI=1S/C18H25N7/c1-3-13-8-21-16-15(13)17(24-11-23-16)25-5-4-18(19,10-25)9-22-14-6-12(2)7-20-14/h6,8,11H,3-5,7,9-10,19H2,1-2H3,(H,20,22)(H,21,23,24)/t18-/m0/s1. The van der Waals surface area contributed by atoms with Crippen LogP contribution >= 0.6 is 0 Å². The fourth-order valence-electron chi connectivity index (χ4n) is 3.66. The highest BCUT2D eigenvalue weighted by atomic mass is 15.2. The molecule has 7 heteroatoms. The van der Waals surface area contributed by atoms with Crippen LogP contribution in [0.15, 0.2) is 29.2 Å². The van der Waals surface area contributed by atoms with Gasteiger partial charge >= 0.3 is 0 Å². The zero-order chi connectivity index (χ0) is 17.4. The summed E-state index contributed by atoms with van der Waals surface area (Å²) < 4.78 is 0. The molecular weight excluding hydrogens is 314 g/mol. The predicted molar refractivity (Wildman–Crippen MR) is 101 cm³/mol. The topological polar surface area (TPSA) is 95.2 Å². The molecule has 0 spiro atoms. The summed E-state index contributed by atoms with van der Waals surface area (Å²) in [6.07, 6.45) is 7.63. The first-order valence-electron chi connectivity index (χ1n) is 8.88. The summed E-state index contributed by atoms with van der Waals surface area (Å²) in [4.78, 5) is 18.9. The van der Waals surface area contributed by atoms with Crippen LogP contribution in [0.4, 0.5) is 5.82 Å². The number of anilines is 1. The van der Waals surface area contributed by atoms with Gasteiger partial charge in [0.1, 0.15) is 23.6 Å². The molecule has 1 saturated heterocycles. The van der Waals surface area contributed by atoms with Crippen molar-refractivity contribution in [2.45, 2.75) is 32.2 Å². The molecule has 4 N–H and O–H groups in total. The zero-order valence-electron chi connectivity index (χ0n) is 14.8. The number of amidine groups is 1. The third-order valence-corrected chi connectivity index (χ3v) is 5.10. The maximum absolute atomic E-state index is 6.66. The molecule has 0 bridgehead atoms. The summed E-state index contributed by atoms with van der Waals surface area (Å²) in [6, 6.07) is 0. The maximum atomic E-state index is 6.66. The van der Waals surface area contributed by atoms with Crippen molar-refractivity contribution in [3.05, 3.63) is 29.7 Å². The van der Waals surface area contributed by atoms with Crippen molar-refractivity contribution in [3.8, 4) is 0 Å². The monoisotopic (exact) mass is 339 g/mol. The summed E-state index contributed by atoms with van der Waals surface area (Å²) in [5, 5.41) is 4.53. The van der Waals surface area contributed by atoms with Crippen molar-refractivity contribution in [1.29, 1.82) is 0 Å². The SMILES string of the molecule is CCc1c[nH]c2ncnc(N3CC[C@](N)(CNC4=NCC(C)=C4)C3)c12. The predicted octanol–water partition coefficient (Wildman–Crippen LogP) is 1.38. The Hall–Kier alpha value is -2.41. The molecule has 0 amide bonds. The van der Waals surface area contributed by atoms with Crippen LogP contribution in [0.25, 0.3) is 11.0 Å². The smallest absolute Gasteiger partial charge is 0.143 e. The molecule has 2 aliphatic rings. The second-order valence-corrected chi connectivity index (χ2v) is 7.17. The number of hydrogen-bond acceptors (Lipinski definition) is 6. The highest BCUT2D eigenvalue weighted by Gasteiger charge is 2.36. The van der Waals surface area contributed by atoms with Crippen molar-refractivity contribution >= 4 is 22.7 Å². The van der Waals surface area contributed by atoms with Crippen LogP contribution in [0.5, 0.6) is 0 Å². The van der Waals surface area contributed by atoms with Crippen LogP contribution in [0.2, 0.25) is 0 Å². The number of rotatable bonds is 4. The number of aryl methyl sites for hydroxylation is 1. The van der Waals surface area contributed by atoms with Gasteiger partial charge < -0.3 is 20.9 Å². The number of nitrogens with zero attached hydrogens (tertiary/aromatic N) is 4. The molecule has 0 aliphatic carbocycles. The lowest BCUT2D eigenvalue weighted by Crippen LogP contribution is -2.51. The summed E-state index contributed by atoms with van der Waals surface area (Å²) in [7, 11) is 0. The zero-order valence-corrected chi connectivity index (χ0v) is 14.8. The number of nitrogens with two attached hydrogens (primary N) is 1. The van der Waals surface area contributed by atoms with E-state index in [9.17, 15) is 0 Å². The maximum Gasteiger partial charge on any atom is 0.143 e. The van der Waals surface area contributed by atoms with E-state index in [4.69, 9.17) is 5.73 Å². The van der Waals surface area contributed by atoms with Crippen molar-refractivity contribution in [2.75, 3.05) is 31.1 Å². The molecular formula is C18H25N7. The number of aromatic amines is 1. The highest BCUT2D eigenvalue weighted by Crippen LogP contribution is 2.31. The Morgan fingerprint density at radius 2 is 2.28 bits per heavy atom. The average molecular weight is 339 g/mol. The van der Waals surface area contributed by atoms with E-state index in [1.807, 2.05) is 6.20 Å². The van der Waals surface area contributed by atoms with Crippen molar-refractivity contribution in [1.82, 2.24) is 20.3 Å². The summed E-state index contributed by atoms with van der Waals surface area (Å²) in [6.45, 7) is 7.43. The number of fused-ring (bicyclic) bond motifs is 1. The first-order chi connectivity index (χ1) is 12.1. The first kappa shape index (κ1) is 16.1. The molecule has 7 nitrogen and oxygen atoms in total. The summed E-state index contributed by atoms with van der Waals surface area (Å²) >= 11 is 0. The number of nitrogens with one attached hydrogen (secondary N) is 2. The van der Waals surface area contributed by atoms with E-state index in [0.29, 0.717) is 6.54 Å². The van der Waals surface area contributed by atoms with Gasteiger partial charge in [-0.05, 0) is 37.0 Å². The normalized spacial score (nSPS) is 23.2. The third-order valence-electron chi connectivity index (χ3n) is 5.10. The molecule has 2 aromatic heterocycles. The lowest BCUT2D eigenvalue weighted by molar-refractivity contribution is 0.465. The van der Waals surface area contributed by atoms with Gasteiger partial charge in [-0.2, -0.15) is 0 Å². The molecule has 25 heavy (non-hydrogen) atoms. The van der Waals surface area contributed by atoms with Crippen molar-refractivity contribution < 1.29 is 0 Å². The minimum Gasteiger partial charge on any atom is -0.368 e. The molecule has 2 aliphatic heterocycles. The first-order valence-corrected chi connectivity index (χ1v) is 8.88. The molecule has 0 radical (unpaired) electrons. The molecule has 1 atom stereocenters. The number of aromatic nitrogens is 3. The third kappa shape index (κ3) is 3.00. The molecule has 0 saturated carbocycles. The lowest BCUT2D eigenvalue weighted by atomic mass is 10.0. The Kier molecular flexibility index (Phi) is 3.95. The van der Waals surface area contributed by atoms with Gasteiger partial charge in [0.2, 0.25) is 0 Å². The minimum atomic E-state index is -0.285. The van der Waals surface area contributed by atoms with E-state index in [-0.39, 0.29) is 5.54 Å². The molecule has 1 fully saturated rings. The van der Waals surface area contributed by atoms with Crippen LogP contribution in [0.1, 0.15) is 25.8 Å². The van der Waals surface area contributed by atoms with Crippen molar-refractivity contribution in [3.63, 3.8) is 0 Å². The average Bonchev–Trinajstić information content (AvgIpc) is 3.31. The fraction of sp³-hybridized carbons (Fsp3) is 0.500. The lowest BCUT2D eigenvalue weighted by Gasteiger charge is -2.26. The summed E-state index contributed by atoms with van der Waals surface area (Å²) in [5.41, 5.74) is 9.80. The van der Waals surface area contributed by atoms with Gasteiger partial charge in [0.15, 0.2) is 0 Å². The molecule has 4 heterocycles. The second kappa shape index (κ2) is 6.15. The van der Waals surface area contributed by atoms with Crippen LogP contribution in [0.3, 0.4) is 0 Å². The van der Waals surface area contributed by atoms with Crippen LogP contribution < -0.4 is 16.0 Å². The second-order valence-electron chi connectivity index (χ2n) is 7.17. The van der Waals surface area contributed by atoms with Gasteiger partial charge in [0.05, 0.1) is 17.5 Å². The van der Waals surface area contributed by atoms with Gasteiger partial charge in [-0.3, -0.25) is 4.99 Å². The van der Waals surface area contributed by atoms with E-state index in [0.717, 1.165) is 55.2 Å². The Labute approximate surface area is 147 Å². The molecule has 0 unspecified atom stereocenters. The molecule has 132 valence electrons. The number of aliphatic imine (C=N–C) groups is 1. The summed E-state index contributed by atoms with van der Waals surface area (Å²) in [5.74, 6) is 1.94. The molecule has 2 aromatic rings. The van der Waals surface area contributed by atoms with Gasteiger partial charge in [0.25, 0.3) is 0 Å². The quantitative estimate of drug-likeness (QED) is 0.782. The fourth-order valence-corrected chi connectivity index (χ4v) is 3.66. The van der Waals surface area contributed by atoms with Crippen LogP contribution in [-0.2, 0) is 6.42 Å². The van der Waals surface area contributed by atoms with Gasteiger partial charge in [0, 0.05) is 25.8 Å². The highest BCUT2D eigenvalue weighted by molar-refractivity contribution is 5.95. The van der Waals surface area contributed by atoms with E-state index >= 15 is 0 Å². The Bertz CT molecular complexity index is 850. The van der Waals surface area contributed by atoms with Gasteiger partial charge in [-0.25, -0.2) is 9.97 Å². The van der Waals surface area contributed by atoms with E-state index in [2.05, 4.69) is 50.1 Å². The largest absolute Gasteiger partial charge is 0.368 e. The van der Waals surface area contributed by atoms with Gasteiger partial charge in [-0.15, -0.1) is 0 Å². The van der Waals surface area contributed by atoms with E-state index < -0.39 is 0 Å². The van der Waals surface area contributed by atoms with Crippen LogP contribution in [0, 0.1) is 0 Å². The van der Waals surface area contributed by atoms with E-state index in [1.54, 1.807) is 6.33 Å². The minimum absolute atomic E-state index is 0.285. The number of H-pyrrole nitrogens is 1. The molecule has 0 aromatic carbocycles. The van der Waals surface area contributed by atoms with Crippen molar-refractivity contribution in [2.24, 2.45) is 10.7 Å². The Balaban J connectivity index is 1.51. The Morgan fingerprint density at radius 3 is 3.04 bits per heavy atom. The molecule has 4 rings (SSSR count). The van der Waals surface area contributed by atoms with Gasteiger partial charge in [-0.1, -0.05) is 6.92 Å². The number of hydrogen-bond donors (Lipinski definition) is 3.